The van der Waals surface area contributed by atoms with E-state index in [1.807, 2.05) is 24.3 Å². The summed E-state index contributed by atoms with van der Waals surface area (Å²) < 4.78 is 4.84. The fourth-order valence-electron chi connectivity index (χ4n) is 2.81. The molecular formula is C16H18N2O2. The monoisotopic (exact) mass is 270 g/mol. The molecule has 0 atom stereocenters. The summed E-state index contributed by atoms with van der Waals surface area (Å²) in [6.45, 7) is 2.07. The minimum Gasteiger partial charge on any atom is -0.465 e. The van der Waals surface area contributed by atoms with Crippen molar-refractivity contribution in [3.63, 3.8) is 0 Å². The highest BCUT2D eigenvalue weighted by atomic mass is 16.5. The van der Waals surface area contributed by atoms with Gasteiger partial charge in [0.2, 0.25) is 0 Å². The Kier molecular flexibility index (Phi) is 3.54. The van der Waals surface area contributed by atoms with E-state index in [1.165, 1.54) is 26.4 Å². The van der Waals surface area contributed by atoms with E-state index >= 15 is 0 Å². The molecule has 0 saturated carbocycles. The first-order chi connectivity index (χ1) is 9.81. The number of carbonyl (C=O) groups excluding carboxylic acids is 1. The van der Waals surface area contributed by atoms with E-state index in [2.05, 4.69) is 9.88 Å². The highest BCUT2D eigenvalue weighted by Gasteiger charge is 2.18. The standard InChI is InChI=1S/C16H18N2O2/c1-20-16(19)14-11-17-15(18-9-5-2-6-10-18)13-8-4-3-7-12(13)14/h3-4,7-8,11H,2,5-6,9-10H2,1H3. The lowest BCUT2D eigenvalue weighted by Crippen LogP contribution is -2.30. The van der Waals surface area contributed by atoms with Crippen LogP contribution >= 0.6 is 0 Å². The number of nitrogens with zero attached hydrogens (tertiary/aromatic N) is 2. The molecule has 1 aromatic heterocycles. The quantitative estimate of drug-likeness (QED) is 0.787. The van der Waals surface area contributed by atoms with Crippen LogP contribution in [0.25, 0.3) is 10.8 Å². The van der Waals surface area contributed by atoms with E-state index in [4.69, 9.17) is 4.74 Å². The van der Waals surface area contributed by atoms with Crippen LogP contribution in [0, 0.1) is 0 Å². The molecule has 2 heterocycles. The summed E-state index contributed by atoms with van der Waals surface area (Å²) in [6, 6.07) is 7.91. The third kappa shape index (κ3) is 2.22. The third-order valence-corrected chi connectivity index (χ3v) is 3.83. The van der Waals surface area contributed by atoms with Gasteiger partial charge in [-0.25, -0.2) is 9.78 Å². The zero-order chi connectivity index (χ0) is 13.9. The van der Waals surface area contributed by atoms with E-state index in [9.17, 15) is 4.79 Å². The summed E-state index contributed by atoms with van der Waals surface area (Å²) >= 11 is 0. The molecular weight excluding hydrogens is 252 g/mol. The Balaban J connectivity index is 2.13. The lowest BCUT2D eigenvalue weighted by Gasteiger charge is -2.28. The van der Waals surface area contributed by atoms with Crippen LogP contribution in [0.4, 0.5) is 5.82 Å². The van der Waals surface area contributed by atoms with Crippen molar-refractivity contribution in [3.8, 4) is 0 Å². The average Bonchev–Trinajstić information content (AvgIpc) is 2.54. The van der Waals surface area contributed by atoms with Gasteiger partial charge in [0.05, 0.1) is 12.7 Å². The summed E-state index contributed by atoms with van der Waals surface area (Å²) in [7, 11) is 1.40. The fourth-order valence-corrected chi connectivity index (χ4v) is 2.81. The number of hydrogen-bond acceptors (Lipinski definition) is 4. The number of esters is 1. The summed E-state index contributed by atoms with van der Waals surface area (Å²) in [5.74, 6) is 0.645. The molecule has 0 unspecified atom stereocenters. The van der Waals surface area contributed by atoms with Crippen molar-refractivity contribution >= 4 is 22.6 Å². The first-order valence-electron chi connectivity index (χ1n) is 7.02. The second-order valence-corrected chi connectivity index (χ2v) is 5.08. The number of benzene rings is 1. The second kappa shape index (κ2) is 5.49. The number of fused-ring (bicyclic) bond motifs is 1. The van der Waals surface area contributed by atoms with Crippen LogP contribution in [0.2, 0.25) is 0 Å². The molecule has 2 aromatic rings. The lowest BCUT2D eigenvalue weighted by atomic mass is 10.1. The summed E-state index contributed by atoms with van der Waals surface area (Å²) in [5, 5.41) is 1.94. The minimum atomic E-state index is -0.334. The van der Waals surface area contributed by atoms with Crippen molar-refractivity contribution in [2.24, 2.45) is 0 Å². The number of aromatic nitrogens is 1. The maximum absolute atomic E-state index is 11.8. The lowest BCUT2D eigenvalue weighted by molar-refractivity contribution is 0.0602. The van der Waals surface area contributed by atoms with Crippen LogP contribution in [0.3, 0.4) is 0 Å². The highest BCUT2D eigenvalue weighted by molar-refractivity contribution is 6.07. The first-order valence-corrected chi connectivity index (χ1v) is 7.02. The Morgan fingerprint density at radius 1 is 1.15 bits per heavy atom. The molecule has 0 bridgehead atoms. The smallest absolute Gasteiger partial charge is 0.340 e. The number of anilines is 1. The van der Waals surface area contributed by atoms with E-state index in [-0.39, 0.29) is 5.97 Å². The number of carbonyl (C=O) groups is 1. The first kappa shape index (κ1) is 12.9. The molecule has 1 aliphatic rings. The number of rotatable bonds is 2. The molecule has 0 spiro atoms. The normalized spacial score (nSPS) is 15.3. The van der Waals surface area contributed by atoms with Crippen molar-refractivity contribution < 1.29 is 9.53 Å². The van der Waals surface area contributed by atoms with Crippen LogP contribution < -0.4 is 4.90 Å². The number of piperidine rings is 1. The van der Waals surface area contributed by atoms with Gasteiger partial charge in [-0.15, -0.1) is 0 Å². The number of hydrogen-bond donors (Lipinski definition) is 0. The fraction of sp³-hybridized carbons (Fsp3) is 0.375. The maximum atomic E-state index is 11.8. The SMILES string of the molecule is COC(=O)c1cnc(N2CCCCC2)c2ccccc12. The Labute approximate surface area is 118 Å². The molecule has 0 aliphatic carbocycles. The molecule has 4 heteroatoms. The van der Waals surface area contributed by atoms with Gasteiger partial charge in [0.1, 0.15) is 5.82 Å². The Hall–Kier alpha value is -2.10. The predicted octanol–water partition coefficient (Wildman–Crippen LogP) is 3.01. The summed E-state index contributed by atoms with van der Waals surface area (Å²) in [5.41, 5.74) is 0.531. The van der Waals surface area contributed by atoms with Gasteiger partial charge in [0.15, 0.2) is 0 Å². The predicted molar refractivity (Wildman–Crippen MR) is 79.1 cm³/mol. The van der Waals surface area contributed by atoms with Crippen molar-refractivity contribution in [3.05, 3.63) is 36.0 Å². The second-order valence-electron chi connectivity index (χ2n) is 5.08. The van der Waals surface area contributed by atoms with Gasteiger partial charge in [0.25, 0.3) is 0 Å². The molecule has 0 N–H and O–H groups in total. The van der Waals surface area contributed by atoms with Crippen LogP contribution in [-0.2, 0) is 4.74 Å². The maximum Gasteiger partial charge on any atom is 0.340 e. The molecule has 1 aromatic carbocycles. The van der Waals surface area contributed by atoms with Gasteiger partial charge in [-0.05, 0) is 19.3 Å². The number of ether oxygens (including phenoxy) is 1. The molecule has 1 aliphatic heterocycles. The van der Waals surface area contributed by atoms with Crippen LogP contribution in [0.1, 0.15) is 29.6 Å². The van der Waals surface area contributed by atoms with Crippen molar-refractivity contribution in [2.45, 2.75) is 19.3 Å². The zero-order valence-electron chi connectivity index (χ0n) is 11.6. The van der Waals surface area contributed by atoms with Crippen molar-refractivity contribution in [1.82, 2.24) is 4.98 Å². The molecule has 0 amide bonds. The molecule has 1 fully saturated rings. The van der Waals surface area contributed by atoms with Gasteiger partial charge in [-0.1, -0.05) is 24.3 Å². The van der Waals surface area contributed by atoms with Crippen LogP contribution in [-0.4, -0.2) is 31.2 Å². The Bertz CT molecular complexity index is 633. The van der Waals surface area contributed by atoms with Crippen molar-refractivity contribution in [1.29, 1.82) is 0 Å². The molecule has 0 radical (unpaired) electrons. The number of methoxy groups -OCH3 is 1. The Morgan fingerprint density at radius 2 is 1.85 bits per heavy atom. The molecule has 1 saturated heterocycles. The molecule has 4 nitrogen and oxygen atoms in total. The van der Waals surface area contributed by atoms with Crippen LogP contribution in [0.15, 0.2) is 30.5 Å². The zero-order valence-corrected chi connectivity index (χ0v) is 11.6. The average molecular weight is 270 g/mol. The molecule has 3 rings (SSSR count). The van der Waals surface area contributed by atoms with Gasteiger partial charge in [-0.3, -0.25) is 0 Å². The van der Waals surface area contributed by atoms with Crippen molar-refractivity contribution in [2.75, 3.05) is 25.1 Å². The summed E-state index contributed by atoms with van der Waals surface area (Å²) in [6.07, 6.45) is 5.33. The van der Waals surface area contributed by atoms with Gasteiger partial charge in [-0.2, -0.15) is 0 Å². The van der Waals surface area contributed by atoms with Gasteiger partial charge >= 0.3 is 5.97 Å². The molecule has 104 valence electrons. The highest BCUT2D eigenvalue weighted by Crippen LogP contribution is 2.29. The number of pyridine rings is 1. The van der Waals surface area contributed by atoms with Gasteiger partial charge in [0, 0.05) is 30.1 Å². The van der Waals surface area contributed by atoms with E-state index in [0.717, 1.165) is 29.7 Å². The third-order valence-electron chi connectivity index (χ3n) is 3.83. The van der Waals surface area contributed by atoms with E-state index < -0.39 is 0 Å². The largest absolute Gasteiger partial charge is 0.465 e. The van der Waals surface area contributed by atoms with Crippen LogP contribution in [0.5, 0.6) is 0 Å². The van der Waals surface area contributed by atoms with E-state index in [1.54, 1.807) is 6.20 Å². The van der Waals surface area contributed by atoms with Gasteiger partial charge < -0.3 is 9.64 Å². The minimum absolute atomic E-state index is 0.334. The van der Waals surface area contributed by atoms with E-state index in [0.29, 0.717) is 5.56 Å². The molecule has 20 heavy (non-hydrogen) atoms. The summed E-state index contributed by atoms with van der Waals surface area (Å²) in [4.78, 5) is 18.7. The Morgan fingerprint density at radius 3 is 2.55 bits per heavy atom. The topological polar surface area (TPSA) is 42.4 Å².